The Morgan fingerprint density at radius 1 is 0.962 bits per heavy atom. The van der Waals surface area contributed by atoms with E-state index in [1.165, 1.54) is 7.11 Å². The Labute approximate surface area is 154 Å². The van der Waals surface area contributed by atoms with Gasteiger partial charge in [0.15, 0.2) is 28.6 Å². The summed E-state index contributed by atoms with van der Waals surface area (Å²) in [5.41, 5.74) is 1.04. The lowest BCUT2D eigenvalue weighted by Crippen LogP contribution is -2.34. The summed E-state index contributed by atoms with van der Waals surface area (Å²) in [5, 5.41) is 9.86. The molecule has 5 heteroatoms. The molecule has 0 saturated heterocycles. The van der Waals surface area contributed by atoms with E-state index in [1.54, 1.807) is 32.4 Å². The molecule has 2 aromatic rings. The van der Waals surface area contributed by atoms with Crippen molar-refractivity contribution in [3.05, 3.63) is 53.6 Å². The van der Waals surface area contributed by atoms with Gasteiger partial charge in [0, 0.05) is 12.7 Å². The monoisotopic (exact) mass is 358 g/mol. The quantitative estimate of drug-likeness (QED) is 0.759. The number of phenols is 1. The van der Waals surface area contributed by atoms with Gasteiger partial charge < -0.3 is 24.1 Å². The second-order valence-electron chi connectivity index (χ2n) is 6.06. The van der Waals surface area contributed by atoms with Crippen molar-refractivity contribution in [1.29, 1.82) is 0 Å². The largest absolute Gasteiger partial charge is 0.504 e. The number of aromatic hydroxyl groups is 1. The Morgan fingerprint density at radius 2 is 1.69 bits per heavy atom. The molecule has 1 N–H and O–H groups in total. The highest BCUT2D eigenvalue weighted by molar-refractivity contribution is 5.56. The van der Waals surface area contributed by atoms with E-state index in [9.17, 15) is 5.11 Å². The van der Waals surface area contributed by atoms with Gasteiger partial charge in [-0.15, -0.1) is 0 Å². The highest BCUT2D eigenvalue weighted by Crippen LogP contribution is 2.38. The minimum absolute atomic E-state index is 0.0734. The summed E-state index contributed by atoms with van der Waals surface area (Å²) >= 11 is 0. The molecule has 140 valence electrons. The molecule has 0 spiro atoms. The molecule has 0 radical (unpaired) electrons. The first-order valence-electron chi connectivity index (χ1n) is 8.33. The molecule has 0 bridgehead atoms. The third kappa shape index (κ3) is 4.29. The number of ether oxygens (including phenoxy) is 4. The summed E-state index contributed by atoms with van der Waals surface area (Å²) in [6.45, 7) is 4.19. The van der Waals surface area contributed by atoms with Crippen LogP contribution in [0.3, 0.4) is 0 Å². The van der Waals surface area contributed by atoms with Gasteiger partial charge >= 0.3 is 0 Å². The van der Waals surface area contributed by atoms with Crippen molar-refractivity contribution in [2.75, 3.05) is 27.9 Å². The lowest BCUT2D eigenvalue weighted by Gasteiger charge is -2.31. The van der Waals surface area contributed by atoms with Crippen molar-refractivity contribution in [1.82, 2.24) is 0 Å². The Kier molecular flexibility index (Phi) is 6.52. The standard InChI is InChI=1S/C21H26O5/c1-6-7-15-8-11-18(20(12-15)25-5)26-21(2,14-23-3)16-9-10-17(22)19(13-16)24-4/h6-13,22H,14H2,1-5H3/b7-6+. The summed E-state index contributed by atoms with van der Waals surface area (Å²) in [5.74, 6) is 1.69. The SMILES string of the molecule is C/C=C/c1ccc(OC(C)(COC)c2ccc(O)c(OC)c2)c(OC)c1. The van der Waals surface area contributed by atoms with E-state index in [4.69, 9.17) is 18.9 Å². The van der Waals surface area contributed by atoms with Crippen LogP contribution in [-0.4, -0.2) is 33.0 Å². The van der Waals surface area contributed by atoms with Crippen LogP contribution in [0.1, 0.15) is 25.0 Å². The zero-order valence-corrected chi connectivity index (χ0v) is 15.9. The van der Waals surface area contributed by atoms with Crippen molar-refractivity contribution < 1.29 is 24.1 Å². The van der Waals surface area contributed by atoms with Crippen LogP contribution in [0.5, 0.6) is 23.0 Å². The van der Waals surface area contributed by atoms with Gasteiger partial charge in [-0.1, -0.05) is 24.3 Å². The Balaban J connectivity index is 2.44. The molecule has 5 nitrogen and oxygen atoms in total. The number of hydrogen-bond acceptors (Lipinski definition) is 5. The van der Waals surface area contributed by atoms with Gasteiger partial charge in [0.1, 0.15) is 0 Å². The lowest BCUT2D eigenvalue weighted by molar-refractivity contribution is -0.00137. The molecule has 0 fully saturated rings. The molecule has 2 rings (SSSR count). The van der Waals surface area contributed by atoms with E-state index in [1.807, 2.05) is 44.2 Å². The molecule has 26 heavy (non-hydrogen) atoms. The molecule has 2 aromatic carbocycles. The van der Waals surface area contributed by atoms with Crippen molar-refractivity contribution in [2.45, 2.75) is 19.4 Å². The fraction of sp³-hybridized carbons (Fsp3) is 0.333. The number of benzene rings is 2. The molecule has 0 amide bonds. The average Bonchev–Trinajstić information content (AvgIpc) is 2.63. The topological polar surface area (TPSA) is 57.2 Å². The van der Waals surface area contributed by atoms with Gasteiger partial charge in [-0.2, -0.15) is 0 Å². The van der Waals surface area contributed by atoms with Crippen LogP contribution in [-0.2, 0) is 10.3 Å². The van der Waals surface area contributed by atoms with Gasteiger partial charge in [-0.3, -0.25) is 0 Å². The molecule has 1 unspecified atom stereocenters. The number of methoxy groups -OCH3 is 3. The predicted molar refractivity (Wildman–Crippen MR) is 102 cm³/mol. The summed E-state index contributed by atoms with van der Waals surface area (Å²) in [6, 6.07) is 10.9. The predicted octanol–water partition coefficient (Wildman–Crippen LogP) is 4.38. The van der Waals surface area contributed by atoms with Crippen LogP contribution in [0.15, 0.2) is 42.5 Å². The van der Waals surface area contributed by atoms with E-state index in [-0.39, 0.29) is 5.75 Å². The Hall–Kier alpha value is -2.66. The zero-order valence-electron chi connectivity index (χ0n) is 15.9. The molecule has 0 aromatic heterocycles. The summed E-state index contributed by atoms with van der Waals surface area (Å²) in [7, 11) is 4.74. The first kappa shape index (κ1) is 19.7. The van der Waals surface area contributed by atoms with Gasteiger partial charge in [0.25, 0.3) is 0 Å². The van der Waals surface area contributed by atoms with Crippen molar-refractivity contribution in [2.24, 2.45) is 0 Å². The minimum atomic E-state index is -0.800. The zero-order chi connectivity index (χ0) is 19.2. The maximum absolute atomic E-state index is 9.86. The molecule has 0 heterocycles. The second kappa shape index (κ2) is 8.63. The molecule has 1 atom stereocenters. The van der Waals surface area contributed by atoms with E-state index in [0.717, 1.165) is 11.1 Å². The first-order valence-corrected chi connectivity index (χ1v) is 8.33. The molecule has 0 aliphatic rings. The maximum atomic E-state index is 9.86. The van der Waals surface area contributed by atoms with Gasteiger partial charge in [-0.25, -0.2) is 0 Å². The number of rotatable bonds is 8. The molecular formula is C21H26O5. The van der Waals surface area contributed by atoms with E-state index >= 15 is 0 Å². The van der Waals surface area contributed by atoms with E-state index in [2.05, 4.69) is 0 Å². The van der Waals surface area contributed by atoms with E-state index < -0.39 is 5.60 Å². The number of hydrogen-bond donors (Lipinski definition) is 1. The van der Waals surface area contributed by atoms with Gasteiger partial charge in [-0.05, 0) is 43.7 Å². The normalized spacial score (nSPS) is 13.4. The third-order valence-corrected chi connectivity index (χ3v) is 4.09. The Morgan fingerprint density at radius 3 is 2.31 bits per heavy atom. The number of phenolic OH excluding ortho intramolecular Hbond substituents is 1. The van der Waals surface area contributed by atoms with Crippen LogP contribution in [0.2, 0.25) is 0 Å². The third-order valence-electron chi connectivity index (χ3n) is 4.09. The fourth-order valence-corrected chi connectivity index (χ4v) is 2.76. The van der Waals surface area contributed by atoms with Crippen LogP contribution in [0.4, 0.5) is 0 Å². The van der Waals surface area contributed by atoms with Crippen LogP contribution in [0, 0.1) is 0 Å². The number of allylic oxidation sites excluding steroid dienone is 1. The summed E-state index contributed by atoms with van der Waals surface area (Å²) in [4.78, 5) is 0. The smallest absolute Gasteiger partial charge is 0.162 e. The molecule has 0 aliphatic carbocycles. The average molecular weight is 358 g/mol. The molecule has 0 aliphatic heterocycles. The minimum Gasteiger partial charge on any atom is -0.504 e. The highest BCUT2D eigenvalue weighted by atomic mass is 16.6. The first-order chi connectivity index (χ1) is 12.5. The fourth-order valence-electron chi connectivity index (χ4n) is 2.76. The van der Waals surface area contributed by atoms with E-state index in [0.29, 0.717) is 23.9 Å². The van der Waals surface area contributed by atoms with Crippen molar-refractivity contribution in [3.63, 3.8) is 0 Å². The van der Waals surface area contributed by atoms with Gasteiger partial charge in [0.2, 0.25) is 0 Å². The Bertz CT molecular complexity index is 769. The summed E-state index contributed by atoms with van der Waals surface area (Å²) in [6.07, 6.45) is 3.96. The van der Waals surface area contributed by atoms with Crippen molar-refractivity contribution >= 4 is 6.08 Å². The molecule has 0 saturated carbocycles. The highest BCUT2D eigenvalue weighted by Gasteiger charge is 2.31. The lowest BCUT2D eigenvalue weighted by atomic mass is 9.95. The summed E-state index contributed by atoms with van der Waals surface area (Å²) < 4.78 is 22.4. The van der Waals surface area contributed by atoms with Crippen LogP contribution in [0.25, 0.3) is 6.08 Å². The van der Waals surface area contributed by atoms with Crippen LogP contribution >= 0.6 is 0 Å². The molecular weight excluding hydrogens is 332 g/mol. The maximum Gasteiger partial charge on any atom is 0.162 e. The second-order valence-corrected chi connectivity index (χ2v) is 6.06. The van der Waals surface area contributed by atoms with Gasteiger partial charge in [0.05, 0.1) is 20.8 Å². The van der Waals surface area contributed by atoms with Crippen LogP contribution < -0.4 is 14.2 Å². The van der Waals surface area contributed by atoms with Crippen molar-refractivity contribution in [3.8, 4) is 23.0 Å².